The maximum atomic E-state index is 14.0. The van der Waals surface area contributed by atoms with Crippen LogP contribution in [0.15, 0.2) is 44.8 Å². The molecular weight excluding hydrogens is 419 g/mol. The lowest BCUT2D eigenvalue weighted by Gasteiger charge is -2.20. The van der Waals surface area contributed by atoms with Gasteiger partial charge in [0.25, 0.3) is 0 Å². The molecule has 5 nitrogen and oxygen atoms in total. The van der Waals surface area contributed by atoms with Crippen LogP contribution in [0.1, 0.15) is 0 Å². The standard InChI is InChI=1S/C15H9BrClFN4OS/c16-11-8(17)5-10(23)13-14(11)24-22-15(21-13)20-7-3-6-1-2-19-12(6)9(18)4-7/h1-5,19,23H,(H2,20,21,22). The van der Waals surface area contributed by atoms with E-state index in [0.29, 0.717) is 37.2 Å². The molecule has 1 aliphatic rings. The van der Waals surface area contributed by atoms with Gasteiger partial charge in [-0.1, -0.05) is 11.6 Å². The van der Waals surface area contributed by atoms with Crippen molar-refractivity contribution in [1.29, 1.82) is 0 Å². The number of aromatic hydroxyl groups is 1. The summed E-state index contributed by atoms with van der Waals surface area (Å²) >= 11 is 10.6. The Morgan fingerprint density at radius 2 is 2.17 bits per heavy atom. The number of guanidine groups is 1. The molecule has 3 aromatic rings. The van der Waals surface area contributed by atoms with Crippen LogP contribution in [0.4, 0.5) is 15.8 Å². The van der Waals surface area contributed by atoms with Crippen molar-refractivity contribution in [2.24, 2.45) is 4.99 Å². The quantitative estimate of drug-likeness (QED) is 0.406. The van der Waals surface area contributed by atoms with Gasteiger partial charge in [-0.2, -0.15) is 0 Å². The zero-order chi connectivity index (χ0) is 16.8. The maximum Gasteiger partial charge on any atom is 0.211 e. The highest BCUT2D eigenvalue weighted by Crippen LogP contribution is 2.46. The fourth-order valence-corrected chi connectivity index (χ4v) is 3.95. The topological polar surface area (TPSA) is 72.4 Å². The third-order valence-electron chi connectivity index (χ3n) is 3.48. The molecule has 0 bridgehead atoms. The van der Waals surface area contributed by atoms with E-state index in [9.17, 15) is 9.50 Å². The molecule has 0 saturated heterocycles. The van der Waals surface area contributed by atoms with Crippen LogP contribution < -0.4 is 10.0 Å². The Labute approximate surface area is 153 Å². The smallest absolute Gasteiger partial charge is 0.211 e. The number of H-pyrrole nitrogens is 1. The first-order chi connectivity index (χ1) is 11.5. The average Bonchev–Trinajstić information content (AvgIpc) is 3.02. The lowest BCUT2D eigenvalue weighted by Crippen LogP contribution is -2.27. The van der Waals surface area contributed by atoms with E-state index in [0.717, 1.165) is 5.39 Å². The van der Waals surface area contributed by atoms with Gasteiger partial charge >= 0.3 is 0 Å². The molecule has 0 radical (unpaired) electrons. The number of phenolic OH excluding ortho intramolecular Hbond substituents is 1. The first-order valence-corrected chi connectivity index (χ1v) is 8.78. The number of hydrogen-bond acceptors (Lipinski definition) is 5. The number of aromatic amines is 1. The maximum absolute atomic E-state index is 14.0. The number of benzene rings is 2. The van der Waals surface area contributed by atoms with E-state index in [1.165, 1.54) is 24.1 Å². The number of anilines is 1. The van der Waals surface area contributed by atoms with Gasteiger partial charge in [-0.3, -0.25) is 4.72 Å². The van der Waals surface area contributed by atoms with Crippen molar-refractivity contribution in [3.05, 3.63) is 45.8 Å². The van der Waals surface area contributed by atoms with Crippen LogP contribution in [-0.4, -0.2) is 16.1 Å². The van der Waals surface area contributed by atoms with Gasteiger partial charge in [-0.25, -0.2) is 9.38 Å². The van der Waals surface area contributed by atoms with Gasteiger partial charge in [-0.15, -0.1) is 0 Å². The van der Waals surface area contributed by atoms with E-state index < -0.39 is 0 Å². The summed E-state index contributed by atoms with van der Waals surface area (Å²) in [6, 6.07) is 6.38. The number of halogens is 3. The Morgan fingerprint density at radius 3 is 3.00 bits per heavy atom. The van der Waals surface area contributed by atoms with Crippen LogP contribution in [0.25, 0.3) is 10.9 Å². The molecule has 4 rings (SSSR count). The minimum Gasteiger partial charge on any atom is -0.506 e. The SMILES string of the molecule is Oc1cc(Cl)c(Br)c2c1N=C(Nc1cc(F)c3[nH]ccc3c1)NS2. The summed E-state index contributed by atoms with van der Waals surface area (Å²) in [6.07, 6.45) is 1.68. The molecule has 0 saturated carbocycles. The molecule has 2 heterocycles. The first kappa shape index (κ1) is 15.6. The van der Waals surface area contributed by atoms with Gasteiger partial charge < -0.3 is 15.4 Å². The second kappa shape index (κ2) is 5.87. The fourth-order valence-electron chi connectivity index (χ4n) is 2.40. The van der Waals surface area contributed by atoms with Crippen LogP contribution in [0.5, 0.6) is 5.75 Å². The number of hydrogen-bond donors (Lipinski definition) is 4. The van der Waals surface area contributed by atoms with Crippen molar-refractivity contribution in [2.75, 3.05) is 5.32 Å². The van der Waals surface area contributed by atoms with Gasteiger partial charge in [0.2, 0.25) is 5.96 Å². The monoisotopic (exact) mass is 426 g/mol. The average molecular weight is 428 g/mol. The Hall–Kier alpha value is -1.90. The van der Waals surface area contributed by atoms with E-state index in [2.05, 4.69) is 35.9 Å². The zero-order valence-electron chi connectivity index (χ0n) is 11.8. The Balaban J connectivity index is 1.71. The summed E-state index contributed by atoms with van der Waals surface area (Å²) in [7, 11) is 0. The Bertz CT molecular complexity index is 1010. The lowest BCUT2D eigenvalue weighted by molar-refractivity contribution is 0.475. The minimum absolute atomic E-state index is 0.0289. The second-order valence-electron chi connectivity index (χ2n) is 5.06. The molecule has 2 aromatic carbocycles. The van der Waals surface area contributed by atoms with Crippen LogP contribution in [0.3, 0.4) is 0 Å². The normalized spacial score (nSPS) is 13.4. The molecule has 9 heteroatoms. The molecule has 122 valence electrons. The van der Waals surface area contributed by atoms with E-state index in [1.807, 2.05) is 0 Å². The third kappa shape index (κ3) is 2.60. The van der Waals surface area contributed by atoms with Gasteiger partial charge in [-0.05, 0) is 46.1 Å². The van der Waals surface area contributed by atoms with Crippen LogP contribution >= 0.6 is 39.5 Å². The van der Waals surface area contributed by atoms with Crippen LogP contribution in [-0.2, 0) is 0 Å². The van der Waals surface area contributed by atoms with E-state index in [-0.39, 0.29) is 11.6 Å². The van der Waals surface area contributed by atoms with Crippen molar-refractivity contribution in [3.63, 3.8) is 0 Å². The summed E-state index contributed by atoms with van der Waals surface area (Å²) in [5, 5.41) is 14.2. The highest BCUT2D eigenvalue weighted by Gasteiger charge is 2.21. The fraction of sp³-hybridized carbons (Fsp3) is 0. The number of nitrogens with zero attached hydrogens (tertiary/aromatic N) is 1. The zero-order valence-corrected chi connectivity index (χ0v) is 15.0. The second-order valence-corrected chi connectivity index (χ2v) is 7.08. The molecule has 0 aliphatic carbocycles. The van der Waals surface area contributed by atoms with Gasteiger partial charge in [0.15, 0.2) is 0 Å². The molecule has 0 fully saturated rings. The van der Waals surface area contributed by atoms with Crippen molar-refractivity contribution >= 4 is 67.7 Å². The summed E-state index contributed by atoms with van der Waals surface area (Å²) < 4.78 is 17.7. The Kier molecular flexibility index (Phi) is 3.82. The molecule has 0 spiro atoms. The highest BCUT2D eigenvalue weighted by molar-refractivity contribution is 9.10. The van der Waals surface area contributed by atoms with Crippen LogP contribution in [0.2, 0.25) is 5.02 Å². The van der Waals surface area contributed by atoms with E-state index in [1.54, 1.807) is 18.3 Å². The number of rotatable bonds is 1. The molecule has 0 unspecified atom stereocenters. The van der Waals surface area contributed by atoms with Gasteiger partial charge in [0.1, 0.15) is 17.3 Å². The summed E-state index contributed by atoms with van der Waals surface area (Å²) in [4.78, 5) is 7.87. The third-order valence-corrected chi connectivity index (χ3v) is 5.99. The lowest BCUT2D eigenvalue weighted by atomic mass is 10.2. The van der Waals surface area contributed by atoms with E-state index >= 15 is 0 Å². The van der Waals surface area contributed by atoms with Crippen LogP contribution in [0, 0.1) is 5.82 Å². The van der Waals surface area contributed by atoms with Crippen molar-refractivity contribution < 1.29 is 9.50 Å². The van der Waals surface area contributed by atoms with E-state index in [4.69, 9.17) is 11.6 Å². The number of phenols is 1. The molecule has 4 N–H and O–H groups in total. The first-order valence-electron chi connectivity index (χ1n) is 6.79. The summed E-state index contributed by atoms with van der Waals surface area (Å²) in [6.45, 7) is 0. The molecule has 1 aliphatic heterocycles. The summed E-state index contributed by atoms with van der Waals surface area (Å²) in [5.74, 6) is -0.00749. The Morgan fingerprint density at radius 1 is 1.33 bits per heavy atom. The summed E-state index contributed by atoms with van der Waals surface area (Å²) in [5.41, 5.74) is 1.39. The minimum atomic E-state index is -0.359. The molecule has 1 aromatic heterocycles. The molecule has 0 amide bonds. The molecule has 0 atom stereocenters. The number of aromatic nitrogens is 1. The predicted octanol–water partition coefficient (Wildman–Crippen LogP) is 5.14. The van der Waals surface area contributed by atoms with Crippen molar-refractivity contribution in [3.8, 4) is 5.75 Å². The number of nitrogens with one attached hydrogen (secondary N) is 3. The largest absolute Gasteiger partial charge is 0.506 e. The molecular formula is C15H9BrClFN4OS. The number of fused-ring (bicyclic) bond motifs is 2. The van der Waals surface area contributed by atoms with Gasteiger partial charge in [0.05, 0.1) is 19.9 Å². The highest BCUT2D eigenvalue weighted by atomic mass is 79.9. The van der Waals surface area contributed by atoms with Crippen molar-refractivity contribution in [2.45, 2.75) is 4.90 Å². The van der Waals surface area contributed by atoms with Gasteiger partial charge in [0, 0.05) is 23.3 Å². The number of aliphatic imine (C=N–C) groups is 1. The van der Waals surface area contributed by atoms with Crippen molar-refractivity contribution in [1.82, 2.24) is 9.71 Å². The molecule has 24 heavy (non-hydrogen) atoms. The predicted molar refractivity (Wildman–Crippen MR) is 98.8 cm³/mol.